The molecule has 5 nitrogen and oxygen atoms in total. The van der Waals surface area contributed by atoms with E-state index in [-0.39, 0.29) is 13.2 Å². The minimum Gasteiger partial charge on any atom is -0.465 e. The SMILES string of the molecule is CCOC(=O)CN(CCc1cccs1)C(=O)OCC. The van der Waals surface area contributed by atoms with Gasteiger partial charge in [0, 0.05) is 11.4 Å². The second-order valence-electron chi connectivity index (χ2n) is 3.75. The zero-order chi connectivity index (χ0) is 14.1. The van der Waals surface area contributed by atoms with Crippen molar-refractivity contribution in [3.8, 4) is 0 Å². The van der Waals surface area contributed by atoms with Crippen LogP contribution in [0.15, 0.2) is 17.5 Å². The van der Waals surface area contributed by atoms with E-state index in [0.717, 1.165) is 4.88 Å². The van der Waals surface area contributed by atoms with Gasteiger partial charge in [0.25, 0.3) is 0 Å². The average Bonchev–Trinajstić information content (AvgIpc) is 2.88. The minimum absolute atomic E-state index is 0.0714. The molecule has 6 heteroatoms. The number of amides is 1. The Bertz CT molecular complexity index is 391. The number of hydrogen-bond donors (Lipinski definition) is 0. The number of hydrogen-bond acceptors (Lipinski definition) is 5. The molecule has 0 aromatic carbocycles. The largest absolute Gasteiger partial charge is 0.465 e. The Hall–Kier alpha value is -1.56. The van der Waals surface area contributed by atoms with Crippen molar-refractivity contribution in [2.45, 2.75) is 20.3 Å². The van der Waals surface area contributed by atoms with Gasteiger partial charge in [-0.05, 0) is 31.7 Å². The van der Waals surface area contributed by atoms with Gasteiger partial charge < -0.3 is 9.47 Å². The number of esters is 1. The number of carbonyl (C=O) groups excluding carboxylic acids is 2. The van der Waals surface area contributed by atoms with Crippen LogP contribution in [0.5, 0.6) is 0 Å². The first kappa shape index (κ1) is 15.5. The predicted octanol–water partition coefficient (Wildman–Crippen LogP) is 2.31. The molecule has 0 unspecified atom stereocenters. The molecule has 1 rings (SSSR count). The summed E-state index contributed by atoms with van der Waals surface area (Å²) in [6.07, 6.45) is 0.225. The van der Waals surface area contributed by atoms with E-state index in [2.05, 4.69) is 0 Å². The molecule has 0 bridgehead atoms. The molecule has 0 aliphatic rings. The summed E-state index contributed by atoms with van der Waals surface area (Å²) in [5, 5.41) is 1.98. The van der Waals surface area contributed by atoms with Gasteiger partial charge in [-0.2, -0.15) is 0 Å². The summed E-state index contributed by atoms with van der Waals surface area (Å²) in [5.74, 6) is -0.415. The van der Waals surface area contributed by atoms with Crippen molar-refractivity contribution in [3.63, 3.8) is 0 Å². The molecular formula is C13H19NO4S. The molecule has 19 heavy (non-hydrogen) atoms. The van der Waals surface area contributed by atoms with Crippen LogP contribution < -0.4 is 0 Å². The average molecular weight is 285 g/mol. The molecule has 1 aromatic rings. The van der Waals surface area contributed by atoms with Crippen LogP contribution in [0.3, 0.4) is 0 Å². The second-order valence-corrected chi connectivity index (χ2v) is 4.79. The van der Waals surface area contributed by atoms with Gasteiger partial charge in [-0.15, -0.1) is 11.3 Å². The summed E-state index contributed by atoms with van der Waals surface area (Å²) in [4.78, 5) is 25.7. The molecule has 1 heterocycles. The molecule has 0 N–H and O–H groups in total. The first-order valence-corrected chi connectivity index (χ1v) is 7.15. The Kier molecular flexibility index (Phi) is 6.95. The maximum atomic E-state index is 11.7. The quantitative estimate of drug-likeness (QED) is 0.721. The smallest absolute Gasteiger partial charge is 0.410 e. The van der Waals surface area contributed by atoms with Crippen molar-refractivity contribution in [3.05, 3.63) is 22.4 Å². The molecule has 0 atom stereocenters. The molecule has 0 spiro atoms. The van der Waals surface area contributed by atoms with E-state index in [0.29, 0.717) is 19.6 Å². The minimum atomic E-state index is -0.480. The van der Waals surface area contributed by atoms with Crippen LogP contribution in [0.25, 0.3) is 0 Å². The second kappa shape index (κ2) is 8.53. The number of thiophene rings is 1. The summed E-state index contributed by atoms with van der Waals surface area (Å²) in [5.41, 5.74) is 0. The van der Waals surface area contributed by atoms with Crippen molar-refractivity contribution in [2.24, 2.45) is 0 Å². The van der Waals surface area contributed by atoms with Gasteiger partial charge in [-0.3, -0.25) is 9.69 Å². The van der Waals surface area contributed by atoms with E-state index in [4.69, 9.17) is 9.47 Å². The highest BCUT2D eigenvalue weighted by molar-refractivity contribution is 7.09. The van der Waals surface area contributed by atoms with Crippen molar-refractivity contribution >= 4 is 23.4 Å². The van der Waals surface area contributed by atoms with Crippen LogP contribution in [-0.2, 0) is 20.7 Å². The van der Waals surface area contributed by atoms with Gasteiger partial charge in [-0.25, -0.2) is 4.79 Å². The lowest BCUT2D eigenvalue weighted by Crippen LogP contribution is -2.38. The summed E-state index contributed by atoms with van der Waals surface area (Å²) >= 11 is 1.62. The van der Waals surface area contributed by atoms with E-state index in [1.165, 1.54) is 4.90 Å². The summed E-state index contributed by atoms with van der Waals surface area (Å²) in [6.45, 7) is 4.44. The van der Waals surface area contributed by atoms with E-state index in [1.54, 1.807) is 25.2 Å². The summed E-state index contributed by atoms with van der Waals surface area (Å²) < 4.78 is 9.79. The Morgan fingerprint density at radius 1 is 1.26 bits per heavy atom. The molecule has 0 fully saturated rings. The number of nitrogens with zero attached hydrogens (tertiary/aromatic N) is 1. The van der Waals surface area contributed by atoms with Crippen molar-refractivity contribution in [1.82, 2.24) is 4.90 Å². The van der Waals surface area contributed by atoms with Crippen molar-refractivity contribution in [1.29, 1.82) is 0 Å². The van der Waals surface area contributed by atoms with Crippen LogP contribution in [0.2, 0.25) is 0 Å². The number of carbonyl (C=O) groups is 2. The maximum Gasteiger partial charge on any atom is 0.410 e. The Labute approximate surface area is 117 Å². The molecule has 1 amide bonds. The zero-order valence-corrected chi connectivity index (χ0v) is 12.1. The van der Waals surface area contributed by atoms with Crippen LogP contribution in [-0.4, -0.2) is 43.3 Å². The van der Waals surface area contributed by atoms with E-state index >= 15 is 0 Å². The zero-order valence-electron chi connectivity index (χ0n) is 11.3. The monoisotopic (exact) mass is 285 g/mol. The Morgan fingerprint density at radius 3 is 2.58 bits per heavy atom. The van der Waals surface area contributed by atoms with Gasteiger partial charge in [0.1, 0.15) is 6.54 Å². The third kappa shape index (κ3) is 5.74. The summed E-state index contributed by atoms with van der Waals surface area (Å²) in [6, 6.07) is 3.96. The fourth-order valence-electron chi connectivity index (χ4n) is 1.51. The molecular weight excluding hydrogens is 266 g/mol. The van der Waals surface area contributed by atoms with Crippen LogP contribution >= 0.6 is 11.3 Å². The molecule has 106 valence electrons. The van der Waals surface area contributed by atoms with E-state index in [1.807, 2.05) is 17.5 Å². The molecule has 0 aliphatic carbocycles. The fourth-order valence-corrected chi connectivity index (χ4v) is 2.21. The third-order valence-corrected chi connectivity index (χ3v) is 3.30. The molecule has 0 aliphatic heterocycles. The fraction of sp³-hybridized carbons (Fsp3) is 0.538. The van der Waals surface area contributed by atoms with Gasteiger partial charge in [0.15, 0.2) is 0 Å². The molecule has 1 aromatic heterocycles. The topological polar surface area (TPSA) is 55.8 Å². The highest BCUT2D eigenvalue weighted by atomic mass is 32.1. The van der Waals surface area contributed by atoms with Crippen LogP contribution in [0.4, 0.5) is 4.79 Å². The van der Waals surface area contributed by atoms with Crippen LogP contribution in [0, 0.1) is 0 Å². The molecule has 0 saturated heterocycles. The van der Waals surface area contributed by atoms with E-state index in [9.17, 15) is 9.59 Å². The van der Waals surface area contributed by atoms with Gasteiger partial charge in [0.2, 0.25) is 0 Å². The van der Waals surface area contributed by atoms with Gasteiger partial charge in [-0.1, -0.05) is 6.07 Å². The molecule has 0 radical (unpaired) electrons. The standard InChI is InChI=1S/C13H19NO4S/c1-3-17-12(15)10-14(13(16)18-4-2)8-7-11-6-5-9-19-11/h5-6,9H,3-4,7-8,10H2,1-2H3. The van der Waals surface area contributed by atoms with Gasteiger partial charge >= 0.3 is 12.1 Å². The van der Waals surface area contributed by atoms with E-state index < -0.39 is 12.1 Å². The van der Waals surface area contributed by atoms with Crippen molar-refractivity contribution < 1.29 is 19.1 Å². The number of rotatable bonds is 7. The lowest BCUT2D eigenvalue weighted by molar-refractivity contribution is -0.144. The highest BCUT2D eigenvalue weighted by Gasteiger charge is 2.18. The lowest BCUT2D eigenvalue weighted by atomic mass is 10.3. The third-order valence-electron chi connectivity index (χ3n) is 2.36. The Balaban J connectivity index is 2.53. The first-order chi connectivity index (χ1) is 9.17. The highest BCUT2D eigenvalue weighted by Crippen LogP contribution is 2.10. The lowest BCUT2D eigenvalue weighted by Gasteiger charge is -2.20. The van der Waals surface area contributed by atoms with Crippen LogP contribution in [0.1, 0.15) is 18.7 Å². The van der Waals surface area contributed by atoms with Crippen molar-refractivity contribution in [2.75, 3.05) is 26.3 Å². The molecule has 0 saturated carbocycles. The first-order valence-electron chi connectivity index (χ1n) is 6.27. The Morgan fingerprint density at radius 2 is 2.00 bits per heavy atom. The predicted molar refractivity (Wildman–Crippen MR) is 73.3 cm³/mol. The maximum absolute atomic E-state index is 11.7. The summed E-state index contributed by atoms with van der Waals surface area (Å²) in [7, 11) is 0. The normalized spacial score (nSPS) is 10.0. The van der Waals surface area contributed by atoms with Gasteiger partial charge in [0.05, 0.1) is 13.2 Å². The number of ether oxygens (including phenoxy) is 2.